The van der Waals surface area contributed by atoms with Crippen molar-refractivity contribution < 1.29 is 13.2 Å². The molecule has 124 valence electrons. The van der Waals surface area contributed by atoms with Crippen molar-refractivity contribution in [3.8, 4) is 5.75 Å². The number of nitrogens with zero attached hydrogens (tertiary/aromatic N) is 1. The Labute approximate surface area is 138 Å². The van der Waals surface area contributed by atoms with Gasteiger partial charge in [0.05, 0.1) is 17.2 Å². The van der Waals surface area contributed by atoms with Crippen molar-refractivity contribution in [1.82, 2.24) is 0 Å². The Balaban J connectivity index is 2.43. The van der Waals surface area contributed by atoms with Gasteiger partial charge in [-0.05, 0) is 63.1 Å². The summed E-state index contributed by atoms with van der Waals surface area (Å²) in [4.78, 5) is 0.253. The third-order valence-corrected chi connectivity index (χ3v) is 5.51. The van der Waals surface area contributed by atoms with Gasteiger partial charge in [-0.2, -0.15) is 0 Å². The summed E-state index contributed by atoms with van der Waals surface area (Å²) in [7, 11) is -2.01. The molecule has 2 aromatic rings. The summed E-state index contributed by atoms with van der Waals surface area (Å²) in [6.45, 7) is 8.30. The van der Waals surface area contributed by atoms with Crippen molar-refractivity contribution in [2.75, 3.05) is 18.0 Å². The summed E-state index contributed by atoms with van der Waals surface area (Å²) in [6, 6.07) is 10.5. The Bertz CT molecular complexity index is 773. The predicted molar refractivity (Wildman–Crippen MR) is 93.9 cm³/mol. The summed E-state index contributed by atoms with van der Waals surface area (Å²) < 4.78 is 32.5. The Hall–Kier alpha value is -2.01. The minimum atomic E-state index is -3.60. The maximum Gasteiger partial charge on any atom is 0.264 e. The number of ether oxygens (including phenoxy) is 1. The summed E-state index contributed by atoms with van der Waals surface area (Å²) in [6.07, 6.45) is 0. The highest BCUT2D eigenvalue weighted by Gasteiger charge is 2.24. The van der Waals surface area contributed by atoms with Crippen LogP contribution in [-0.2, 0) is 10.0 Å². The lowest BCUT2D eigenvalue weighted by Gasteiger charge is -2.24. The maximum atomic E-state index is 12.9. The van der Waals surface area contributed by atoms with Gasteiger partial charge in [-0.1, -0.05) is 17.7 Å². The minimum Gasteiger partial charge on any atom is -0.494 e. The third-order valence-electron chi connectivity index (χ3n) is 3.74. The van der Waals surface area contributed by atoms with Crippen LogP contribution in [0.2, 0.25) is 0 Å². The van der Waals surface area contributed by atoms with Crippen molar-refractivity contribution in [2.24, 2.45) is 0 Å². The molecule has 0 aliphatic rings. The summed E-state index contributed by atoms with van der Waals surface area (Å²) >= 11 is 0. The fraction of sp³-hybridized carbons (Fsp3) is 0.333. The van der Waals surface area contributed by atoms with Crippen molar-refractivity contribution in [3.05, 3.63) is 53.1 Å². The van der Waals surface area contributed by atoms with Crippen molar-refractivity contribution in [3.63, 3.8) is 0 Å². The number of rotatable bonds is 5. The van der Waals surface area contributed by atoms with E-state index in [1.54, 1.807) is 31.3 Å². The second-order valence-electron chi connectivity index (χ2n) is 5.62. The molecule has 0 aliphatic heterocycles. The van der Waals surface area contributed by atoms with Crippen LogP contribution in [0.25, 0.3) is 0 Å². The van der Waals surface area contributed by atoms with E-state index in [1.165, 1.54) is 4.31 Å². The zero-order chi connectivity index (χ0) is 17.2. The first-order chi connectivity index (χ1) is 10.8. The molecule has 0 saturated carbocycles. The molecule has 0 amide bonds. The van der Waals surface area contributed by atoms with Crippen LogP contribution in [-0.4, -0.2) is 22.1 Å². The van der Waals surface area contributed by atoms with Gasteiger partial charge in [0.1, 0.15) is 5.75 Å². The van der Waals surface area contributed by atoms with E-state index in [-0.39, 0.29) is 4.90 Å². The normalized spacial score (nSPS) is 11.3. The summed E-state index contributed by atoms with van der Waals surface area (Å²) in [5.74, 6) is 0.664. The van der Waals surface area contributed by atoms with Gasteiger partial charge in [0.2, 0.25) is 0 Å². The molecule has 0 N–H and O–H groups in total. The lowest BCUT2D eigenvalue weighted by Crippen LogP contribution is -2.28. The van der Waals surface area contributed by atoms with Crippen molar-refractivity contribution >= 4 is 15.7 Å². The fourth-order valence-corrected chi connectivity index (χ4v) is 4.15. The Morgan fingerprint density at radius 2 is 1.52 bits per heavy atom. The second kappa shape index (κ2) is 6.62. The molecule has 0 unspecified atom stereocenters. The molecule has 0 radical (unpaired) electrons. The van der Waals surface area contributed by atoms with E-state index in [9.17, 15) is 8.42 Å². The highest BCUT2D eigenvalue weighted by molar-refractivity contribution is 7.92. The molecule has 2 aromatic carbocycles. The van der Waals surface area contributed by atoms with Crippen LogP contribution in [0.5, 0.6) is 5.75 Å². The van der Waals surface area contributed by atoms with Gasteiger partial charge in [-0.3, -0.25) is 4.31 Å². The van der Waals surface area contributed by atoms with E-state index in [2.05, 4.69) is 0 Å². The minimum absolute atomic E-state index is 0.253. The largest absolute Gasteiger partial charge is 0.494 e. The van der Waals surface area contributed by atoms with E-state index in [4.69, 9.17) is 4.74 Å². The summed E-state index contributed by atoms with van der Waals surface area (Å²) in [5, 5.41) is 0. The first-order valence-corrected chi connectivity index (χ1v) is 9.01. The van der Waals surface area contributed by atoms with Crippen LogP contribution in [0.4, 0.5) is 5.69 Å². The van der Waals surface area contributed by atoms with Crippen molar-refractivity contribution in [1.29, 1.82) is 0 Å². The highest BCUT2D eigenvalue weighted by atomic mass is 32.2. The topological polar surface area (TPSA) is 46.6 Å². The first-order valence-electron chi connectivity index (χ1n) is 7.57. The quantitative estimate of drug-likeness (QED) is 0.835. The Kier molecular flexibility index (Phi) is 5.00. The van der Waals surface area contributed by atoms with Crippen LogP contribution < -0.4 is 9.04 Å². The average Bonchev–Trinajstić information content (AvgIpc) is 2.47. The van der Waals surface area contributed by atoms with E-state index in [0.29, 0.717) is 12.4 Å². The smallest absolute Gasteiger partial charge is 0.264 e. The Morgan fingerprint density at radius 3 is 2.00 bits per heavy atom. The van der Waals surface area contributed by atoms with Crippen LogP contribution >= 0.6 is 0 Å². The molecule has 0 atom stereocenters. The molecule has 0 saturated heterocycles. The predicted octanol–water partition coefficient (Wildman–Crippen LogP) is 3.84. The van der Waals surface area contributed by atoms with Gasteiger partial charge < -0.3 is 4.74 Å². The SMILES string of the molecule is CCOc1ccc(S(=O)(=O)N(C)c2c(C)cc(C)cc2C)cc1. The molecule has 0 bridgehead atoms. The molecule has 0 heterocycles. The zero-order valence-electron chi connectivity index (χ0n) is 14.3. The Morgan fingerprint density at radius 1 is 1.00 bits per heavy atom. The van der Waals surface area contributed by atoms with E-state index < -0.39 is 10.0 Å². The number of sulfonamides is 1. The fourth-order valence-electron chi connectivity index (χ4n) is 2.82. The highest BCUT2D eigenvalue weighted by Crippen LogP contribution is 2.30. The standard InChI is InChI=1S/C18H23NO3S/c1-6-22-16-7-9-17(10-8-16)23(20,21)19(5)18-14(3)11-13(2)12-15(18)4/h7-12H,6H2,1-5H3. The molecular weight excluding hydrogens is 310 g/mol. The molecule has 23 heavy (non-hydrogen) atoms. The van der Waals surface area contributed by atoms with E-state index >= 15 is 0 Å². The molecule has 0 spiro atoms. The number of hydrogen-bond donors (Lipinski definition) is 0. The van der Waals surface area contributed by atoms with E-state index in [0.717, 1.165) is 22.4 Å². The first kappa shape index (κ1) is 17.3. The van der Waals surface area contributed by atoms with Gasteiger partial charge in [0.25, 0.3) is 10.0 Å². The average molecular weight is 333 g/mol. The van der Waals surface area contributed by atoms with Gasteiger partial charge >= 0.3 is 0 Å². The molecule has 0 fully saturated rings. The molecule has 2 rings (SSSR count). The van der Waals surface area contributed by atoms with Gasteiger partial charge in [-0.15, -0.1) is 0 Å². The molecule has 0 aromatic heterocycles. The maximum absolute atomic E-state index is 12.9. The van der Waals surface area contributed by atoms with Crippen LogP contribution in [0.3, 0.4) is 0 Å². The van der Waals surface area contributed by atoms with Crippen LogP contribution in [0.15, 0.2) is 41.3 Å². The zero-order valence-corrected chi connectivity index (χ0v) is 15.1. The molecule has 0 aliphatic carbocycles. The second-order valence-corrected chi connectivity index (χ2v) is 7.59. The number of aryl methyl sites for hydroxylation is 3. The van der Waals surface area contributed by atoms with E-state index in [1.807, 2.05) is 39.8 Å². The van der Waals surface area contributed by atoms with Gasteiger partial charge in [-0.25, -0.2) is 8.42 Å². The lowest BCUT2D eigenvalue weighted by molar-refractivity contribution is 0.340. The van der Waals surface area contributed by atoms with Gasteiger partial charge in [0, 0.05) is 7.05 Å². The summed E-state index contributed by atoms with van der Waals surface area (Å²) in [5.41, 5.74) is 3.74. The number of hydrogen-bond acceptors (Lipinski definition) is 3. The third kappa shape index (κ3) is 3.50. The number of benzene rings is 2. The lowest BCUT2D eigenvalue weighted by atomic mass is 10.1. The van der Waals surface area contributed by atoms with Crippen LogP contribution in [0.1, 0.15) is 23.6 Å². The van der Waals surface area contributed by atoms with Gasteiger partial charge in [0.15, 0.2) is 0 Å². The molecular formula is C18H23NO3S. The van der Waals surface area contributed by atoms with Crippen LogP contribution in [0, 0.1) is 20.8 Å². The molecule has 5 heteroatoms. The monoisotopic (exact) mass is 333 g/mol. The molecule has 4 nitrogen and oxygen atoms in total. The number of anilines is 1. The van der Waals surface area contributed by atoms with Crippen molar-refractivity contribution in [2.45, 2.75) is 32.6 Å².